The van der Waals surface area contributed by atoms with Crippen LogP contribution in [0.5, 0.6) is 0 Å². The van der Waals surface area contributed by atoms with Crippen LogP contribution in [0, 0.1) is 0 Å². The normalized spacial score (nSPS) is 10.9. The number of nitrogens with one attached hydrogen (secondary N) is 1. The summed E-state index contributed by atoms with van der Waals surface area (Å²) in [5, 5.41) is 2.75. The van der Waals surface area contributed by atoms with Gasteiger partial charge in [-0.3, -0.25) is 9.59 Å². The Balaban J connectivity index is 3.14. The van der Waals surface area contributed by atoms with Gasteiger partial charge in [0, 0.05) is 25.0 Å². The third kappa shape index (κ3) is 27.6. The number of esters is 1. The predicted octanol–water partition coefficient (Wildman–Crippen LogP) is 7.70. The second-order valence-corrected chi connectivity index (χ2v) is 11.1. The Labute approximate surface area is 200 Å². The molecule has 0 aromatic heterocycles. The Bertz CT molecular complexity index is 408. The lowest BCUT2D eigenvalue weighted by atomic mass is 10.0. The van der Waals surface area contributed by atoms with Crippen molar-refractivity contribution in [2.45, 2.75) is 123 Å². The molecular weight excluding hydrogens is 426 g/mol. The summed E-state index contributed by atoms with van der Waals surface area (Å²) in [4.78, 5) is 22.4. The summed E-state index contributed by atoms with van der Waals surface area (Å²) in [5.41, 5.74) is 0. The molecule has 31 heavy (non-hydrogen) atoms. The maximum Gasteiger partial charge on any atom is 0.306 e. The molecule has 0 unspecified atom stereocenters. The first-order chi connectivity index (χ1) is 15.2. The highest BCUT2D eigenvalue weighted by molar-refractivity contribution is 8.76. The summed E-state index contributed by atoms with van der Waals surface area (Å²) in [5.74, 6) is 1.54. The molecule has 1 N–H and O–H groups in total. The largest absolute Gasteiger partial charge is 0.466 e. The molecule has 0 aliphatic rings. The molecule has 0 aliphatic heterocycles. The molecule has 0 heterocycles. The molecule has 0 aromatic carbocycles. The van der Waals surface area contributed by atoms with Gasteiger partial charge in [-0.2, -0.15) is 0 Å². The van der Waals surface area contributed by atoms with E-state index in [2.05, 4.69) is 12.2 Å². The van der Waals surface area contributed by atoms with Crippen LogP contribution in [-0.2, 0) is 14.3 Å². The van der Waals surface area contributed by atoms with Crippen LogP contribution >= 0.6 is 21.6 Å². The molecular formula is C25H49NO3S2. The topological polar surface area (TPSA) is 55.4 Å². The van der Waals surface area contributed by atoms with Gasteiger partial charge in [-0.25, -0.2) is 0 Å². The first-order valence-corrected chi connectivity index (χ1v) is 15.3. The van der Waals surface area contributed by atoms with Gasteiger partial charge in [-0.1, -0.05) is 125 Å². The van der Waals surface area contributed by atoms with Gasteiger partial charge in [0.2, 0.25) is 5.91 Å². The number of ether oxygens (including phenoxy) is 1. The van der Waals surface area contributed by atoms with Gasteiger partial charge < -0.3 is 10.1 Å². The molecule has 0 saturated heterocycles. The molecule has 6 heteroatoms. The fourth-order valence-corrected chi connectivity index (χ4v) is 5.30. The number of carbonyl (C=O) groups is 2. The highest BCUT2D eigenvalue weighted by Gasteiger charge is 2.03. The number of hydrogen-bond acceptors (Lipinski definition) is 5. The lowest BCUT2D eigenvalue weighted by Crippen LogP contribution is -2.22. The predicted molar refractivity (Wildman–Crippen MR) is 139 cm³/mol. The quantitative estimate of drug-likeness (QED) is 0.0880. The van der Waals surface area contributed by atoms with Gasteiger partial charge in [0.25, 0.3) is 0 Å². The van der Waals surface area contributed by atoms with E-state index in [0.29, 0.717) is 19.6 Å². The van der Waals surface area contributed by atoms with Crippen molar-refractivity contribution in [2.24, 2.45) is 0 Å². The molecule has 0 saturated carbocycles. The fraction of sp³-hybridized carbons (Fsp3) is 0.920. The summed E-state index contributed by atoms with van der Waals surface area (Å²) < 4.78 is 5.30. The monoisotopic (exact) mass is 475 g/mol. The Kier molecular flexibility index (Phi) is 25.6. The lowest BCUT2D eigenvalue weighted by molar-refractivity contribution is -0.143. The van der Waals surface area contributed by atoms with Crippen LogP contribution in [0.15, 0.2) is 0 Å². The van der Waals surface area contributed by atoms with E-state index >= 15 is 0 Å². The van der Waals surface area contributed by atoms with E-state index in [1.165, 1.54) is 103 Å². The zero-order valence-corrected chi connectivity index (χ0v) is 22.0. The highest BCUT2D eigenvalue weighted by Crippen LogP contribution is 2.21. The molecule has 4 nitrogen and oxygen atoms in total. The highest BCUT2D eigenvalue weighted by atomic mass is 33.1. The van der Waals surface area contributed by atoms with Crippen molar-refractivity contribution in [1.82, 2.24) is 5.32 Å². The lowest BCUT2D eigenvalue weighted by Gasteiger charge is -2.05. The molecule has 0 spiro atoms. The number of unbranched alkanes of at least 4 members (excludes halogenated alkanes) is 15. The number of rotatable bonds is 24. The molecule has 0 aliphatic carbocycles. The third-order valence-corrected chi connectivity index (χ3v) is 7.70. The van der Waals surface area contributed by atoms with E-state index in [1.54, 1.807) is 21.6 Å². The number of amides is 1. The summed E-state index contributed by atoms with van der Waals surface area (Å²) in [6.07, 6.45) is 22.1. The van der Waals surface area contributed by atoms with E-state index in [9.17, 15) is 9.59 Å². The number of carbonyl (C=O) groups excluding carboxylic acids is 2. The van der Waals surface area contributed by atoms with Crippen LogP contribution in [0.25, 0.3) is 0 Å². The van der Waals surface area contributed by atoms with Crippen molar-refractivity contribution < 1.29 is 14.3 Å². The summed E-state index contributed by atoms with van der Waals surface area (Å²) in [6.45, 7) is 5.04. The SMILES string of the molecule is CCCCCCCCCCCCCCCCCCOC(=O)CCSSCCNC(C)=O. The second kappa shape index (κ2) is 25.9. The Hall–Kier alpha value is -0.360. The molecule has 0 radical (unpaired) electrons. The minimum Gasteiger partial charge on any atom is -0.466 e. The van der Waals surface area contributed by atoms with Crippen LogP contribution in [0.3, 0.4) is 0 Å². The maximum atomic E-state index is 11.7. The van der Waals surface area contributed by atoms with Gasteiger partial charge >= 0.3 is 5.97 Å². The van der Waals surface area contributed by atoms with E-state index in [4.69, 9.17) is 4.74 Å². The fourth-order valence-electron chi connectivity index (χ4n) is 3.42. The Morgan fingerprint density at radius 3 is 1.61 bits per heavy atom. The van der Waals surface area contributed by atoms with Gasteiger partial charge in [0.05, 0.1) is 13.0 Å². The zero-order chi connectivity index (χ0) is 22.8. The second-order valence-electron chi connectivity index (χ2n) is 8.40. The smallest absolute Gasteiger partial charge is 0.306 e. The summed E-state index contributed by atoms with van der Waals surface area (Å²) in [7, 11) is 3.35. The van der Waals surface area contributed by atoms with Crippen LogP contribution in [-0.4, -0.2) is 36.5 Å². The van der Waals surface area contributed by atoms with Crippen molar-refractivity contribution in [3.05, 3.63) is 0 Å². The molecule has 0 fully saturated rings. The van der Waals surface area contributed by atoms with E-state index in [0.717, 1.165) is 17.9 Å². The van der Waals surface area contributed by atoms with Gasteiger partial charge in [-0.05, 0) is 6.42 Å². The molecule has 0 atom stereocenters. The zero-order valence-electron chi connectivity index (χ0n) is 20.4. The van der Waals surface area contributed by atoms with E-state index < -0.39 is 0 Å². The third-order valence-electron chi connectivity index (χ3n) is 5.29. The van der Waals surface area contributed by atoms with Gasteiger partial charge in [-0.15, -0.1) is 0 Å². The molecule has 0 rings (SSSR count). The average Bonchev–Trinajstić information content (AvgIpc) is 2.75. The van der Waals surface area contributed by atoms with Crippen molar-refractivity contribution in [3.8, 4) is 0 Å². The molecule has 184 valence electrons. The minimum absolute atomic E-state index is 0.00302. The Morgan fingerprint density at radius 1 is 0.677 bits per heavy atom. The van der Waals surface area contributed by atoms with E-state index in [-0.39, 0.29) is 11.9 Å². The van der Waals surface area contributed by atoms with Crippen molar-refractivity contribution in [1.29, 1.82) is 0 Å². The minimum atomic E-state index is -0.0871. The Morgan fingerprint density at radius 2 is 1.13 bits per heavy atom. The van der Waals surface area contributed by atoms with Crippen molar-refractivity contribution in [3.63, 3.8) is 0 Å². The van der Waals surface area contributed by atoms with Crippen LogP contribution in [0.4, 0.5) is 0 Å². The number of hydrogen-bond donors (Lipinski definition) is 1. The molecule has 0 bridgehead atoms. The van der Waals surface area contributed by atoms with Crippen LogP contribution < -0.4 is 5.32 Å². The van der Waals surface area contributed by atoms with Crippen LogP contribution in [0.1, 0.15) is 123 Å². The first-order valence-electron chi connectivity index (χ1n) is 12.8. The molecule has 1 amide bonds. The van der Waals surface area contributed by atoms with Gasteiger partial charge in [0.15, 0.2) is 0 Å². The maximum absolute atomic E-state index is 11.7. The summed E-state index contributed by atoms with van der Waals surface area (Å²) >= 11 is 0. The van der Waals surface area contributed by atoms with Crippen molar-refractivity contribution in [2.75, 3.05) is 24.7 Å². The van der Waals surface area contributed by atoms with Crippen LogP contribution in [0.2, 0.25) is 0 Å². The average molecular weight is 476 g/mol. The van der Waals surface area contributed by atoms with Gasteiger partial charge in [0.1, 0.15) is 0 Å². The van der Waals surface area contributed by atoms with E-state index in [1.807, 2.05) is 0 Å². The standard InChI is InChI=1S/C25H49NO3S2/c1-3-4-5-6-7-8-9-10-11-12-13-14-15-16-17-18-21-29-25(28)19-22-30-31-23-20-26-24(2)27/h3-23H2,1-2H3,(H,26,27). The molecule has 0 aromatic rings. The van der Waals surface area contributed by atoms with Crippen molar-refractivity contribution >= 4 is 33.5 Å². The summed E-state index contributed by atoms with van der Waals surface area (Å²) in [6, 6.07) is 0. The first kappa shape index (κ1) is 30.6.